The molecule has 3 aliphatic rings. The van der Waals surface area contributed by atoms with Gasteiger partial charge in [0.05, 0.1) is 38.6 Å². The van der Waals surface area contributed by atoms with Crippen LogP contribution in [0.3, 0.4) is 0 Å². The van der Waals surface area contributed by atoms with Gasteiger partial charge in [-0.25, -0.2) is 4.42 Å². The molecule has 0 aliphatic carbocycles. The topological polar surface area (TPSA) is 339 Å². The Bertz CT molecular complexity index is 1770. The van der Waals surface area contributed by atoms with Gasteiger partial charge in [0, 0.05) is 18.2 Å². The molecule has 1 aromatic heterocycles. The maximum Gasteiger partial charge on any atom is 0.402 e. The van der Waals surface area contributed by atoms with E-state index in [0.29, 0.717) is 0 Å². The zero-order valence-electron chi connectivity index (χ0n) is 28.8. The van der Waals surface area contributed by atoms with Gasteiger partial charge in [-0.1, -0.05) is 0 Å². The van der Waals surface area contributed by atoms with Gasteiger partial charge in [-0.2, -0.15) is 0 Å². The van der Waals surface area contributed by atoms with Crippen LogP contribution in [0.25, 0.3) is 22.3 Å². The van der Waals surface area contributed by atoms with Crippen molar-refractivity contribution < 1.29 is 104 Å². The summed E-state index contributed by atoms with van der Waals surface area (Å²) >= 11 is 0. The van der Waals surface area contributed by atoms with Crippen molar-refractivity contribution in [2.24, 2.45) is 0 Å². The zero-order chi connectivity index (χ0) is 39.9. The Morgan fingerprint density at radius 1 is 0.582 bits per heavy atom. The van der Waals surface area contributed by atoms with Crippen LogP contribution in [0.5, 0.6) is 28.7 Å². The molecule has 0 amide bonds. The minimum absolute atomic E-state index is 0.0132. The summed E-state index contributed by atoms with van der Waals surface area (Å²) in [6, 6.07) is 7.52. The molecule has 4 heterocycles. The molecule has 3 saturated heterocycles. The Morgan fingerprint density at radius 3 is 1.73 bits per heavy atom. The van der Waals surface area contributed by atoms with Crippen LogP contribution in [0, 0.1) is 0 Å². The van der Waals surface area contributed by atoms with Crippen molar-refractivity contribution in [1.82, 2.24) is 0 Å². The second-order valence-corrected chi connectivity index (χ2v) is 13.1. The fourth-order valence-electron chi connectivity index (χ4n) is 6.42. The SMILES string of the molecule is COc1cc(-c2[o+]c3cc(O)cc(O[C@@H]4O[C@H](CO)[C@@H](O)[C@H](O)[C@H]4O)c3cc2O[C@H]2O[C@H](CO)[C@@H](O)[C@H](O)[C@H]2O[C@@H]2O[C@H](CO)[C@@H](O)[C@H](O)[C@H]2O)ccc1O. The predicted molar refractivity (Wildman–Crippen MR) is 177 cm³/mol. The predicted octanol–water partition coefficient (Wildman–Crippen LogP) is -4.02. The molecular formula is C34H43O21+. The van der Waals surface area contributed by atoms with Crippen molar-refractivity contribution in [2.45, 2.75) is 92.1 Å². The van der Waals surface area contributed by atoms with Crippen LogP contribution >= 0.6 is 0 Å². The first-order chi connectivity index (χ1) is 26.2. The molecule has 21 heteroatoms. The number of benzene rings is 2. The van der Waals surface area contributed by atoms with Crippen molar-refractivity contribution in [3.63, 3.8) is 0 Å². The third kappa shape index (κ3) is 7.96. The molecule has 6 rings (SSSR count). The number of hydrogen-bond acceptors (Lipinski definition) is 20. The molecule has 3 aromatic rings. The van der Waals surface area contributed by atoms with E-state index in [0.717, 1.165) is 6.07 Å². The smallest absolute Gasteiger partial charge is 0.402 e. The summed E-state index contributed by atoms with van der Waals surface area (Å²) in [6.07, 6.45) is -26.2. The zero-order valence-corrected chi connectivity index (χ0v) is 28.8. The Balaban J connectivity index is 1.45. The molecule has 0 unspecified atom stereocenters. The average molecular weight is 788 g/mol. The third-order valence-corrected chi connectivity index (χ3v) is 9.54. The van der Waals surface area contributed by atoms with Gasteiger partial charge in [-0.05, 0) is 12.1 Å². The normalized spacial score (nSPS) is 36.8. The molecule has 13 N–H and O–H groups in total. The largest absolute Gasteiger partial charge is 0.507 e. The number of rotatable bonds is 11. The molecule has 21 nitrogen and oxygen atoms in total. The van der Waals surface area contributed by atoms with Crippen LogP contribution < -0.4 is 14.2 Å². The van der Waals surface area contributed by atoms with E-state index in [2.05, 4.69) is 0 Å². The van der Waals surface area contributed by atoms with Gasteiger partial charge in [-0.15, -0.1) is 0 Å². The Labute approximate surface area is 310 Å². The monoisotopic (exact) mass is 787 g/mol. The van der Waals surface area contributed by atoms with Crippen molar-refractivity contribution in [2.75, 3.05) is 26.9 Å². The van der Waals surface area contributed by atoms with Gasteiger partial charge in [-0.3, -0.25) is 0 Å². The van der Waals surface area contributed by atoms with Gasteiger partial charge in [0.1, 0.15) is 84.0 Å². The average Bonchev–Trinajstić information content (AvgIpc) is 3.17. The second kappa shape index (κ2) is 16.8. The van der Waals surface area contributed by atoms with E-state index in [4.69, 9.17) is 37.6 Å². The first-order valence-electron chi connectivity index (χ1n) is 16.9. The molecule has 15 atom stereocenters. The molecule has 3 aliphatic heterocycles. The van der Waals surface area contributed by atoms with Gasteiger partial charge in [0.15, 0.2) is 23.9 Å². The van der Waals surface area contributed by atoms with Gasteiger partial charge >= 0.3 is 11.3 Å². The maximum atomic E-state index is 11.2. The summed E-state index contributed by atoms with van der Waals surface area (Å²) < 4.78 is 46.0. The van der Waals surface area contributed by atoms with Crippen LogP contribution in [0.2, 0.25) is 0 Å². The van der Waals surface area contributed by atoms with E-state index < -0.39 is 118 Å². The fraction of sp³-hybridized carbons (Fsp3) is 0.559. The lowest BCUT2D eigenvalue weighted by molar-refractivity contribution is -0.357. The van der Waals surface area contributed by atoms with Gasteiger partial charge in [0.25, 0.3) is 0 Å². The molecule has 3 fully saturated rings. The number of aliphatic hydroxyl groups is 11. The van der Waals surface area contributed by atoms with E-state index >= 15 is 0 Å². The van der Waals surface area contributed by atoms with Gasteiger partial charge < -0.3 is 99.5 Å². The Morgan fingerprint density at radius 2 is 1.13 bits per heavy atom. The van der Waals surface area contributed by atoms with Crippen LogP contribution in [0.1, 0.15) is 0 Å². The quantitative estimate of drug-likeness (QED) is 0.0823. The number of aromatic hydroxyl groups is 2. The number of hydrogen-bond donors (Lipinski definition) is 13. The summed E-state index contributed by atoms with van der Waals surface area (Å²) in [5, 5.41) is 135. The van der Waals surface area contributed by atoms with E-state index in [9.17, 15) is 66.4 Å². The summed E-state index contributed by atoms with van der Waals surface area (Å²) in [6.45, 7) is -2.42. The summed E-state index contributed by atoms with van der Waals surface area (Å²) in [5.41, 5.74) is 0.0733. The first kappa shape index (κ1) is 40.9. The molecule has 0 saturated carbocycles. The van der Waals surface area contributed by atoms with E-state index in [1.54, 1.807) is 0 Å². The Kier molecular flexibility index (Phi) is 12.5. The van der Waals surface area contributed by atoms with Crippen molar-refractivity contribution in [3.05, 3.63) is 36.4 Å². The third-order valence-electron chi connectivity index (χ3n) is 9.54. The highest BCUT2D eigenvalue weighted by molar-refractivity contribution is 5.89. The summed E-state index contributed by atoms with van der Waals surface area (Å²) in [7, 11) is 1.28. The summed E-state index contributed by atoms with van der Waals surface area (Å²) in [5.74, 6) is -1.40. The number of ether oxygens (including phenoxy) is 7. The molecular weight excluding hydrogens is 744 g/mol. The van der Waals surface area contributed by atoms with E-state index in [-0.39, 0.29) is 45.3 Å². The highest BCUT2D eigenvalue weighted by atomic mass is 16.8. The lowest BCUT2D eigenvalue weighted by Crippen LogP contribution is -2.65. The standard InChI is InChI=1S/C34H42O21/c1-48-17-4-11(2-3-14(17)39)30-18(7-13-15(49-30)5-12(38)6-16(13)50-32-28(46)25(43)22(40)19(8-35)52-32)51-34-31(27(45)24(42)21(10-37)54-34)55-33-29(47)26(44)23(41)20(9-36)53-33/h2-7,19-29,31-37,40-47H,8-10H2,1H3,(H-,38,39)/p+1/t19-,20-,21-,22-,23-,24-,25+,26+,27+,28-,29-,31-,32-,33+,34+/m1/s1. The molecule has 0 spiro atoms. The molecule has 304 valence electrons. The van der Waals surface area contributed by atoms with Gasteiger partial charge in [0.2, 0.25) is 18.3 Å². The highest BCUT2D eigenvalue weighted by Gasteiger charge is 2.52. The van der Waals surface area contributed by atoms with Crippen molar-refractivity contribution in [1.29, 1.82) is 0 Å². The summed E-state index contributed by atoms with van der Waals surface area (Å²) in [4.78, 5) is 0. The van der Waals surface area contributed by atoms with Crippen LogP contribution in [-0.4, -0.2) is 185 Å². The first-order valence-corrected chi connectivity index (χ1v) is 16.9. The molecule has 55 heavy (non-hydrogen) atoms. The maximum absolute atomic E-state index is 11.2. The number of phenolic OH excluding ortho intramolecular Hbond substituents is 2. The Hall–Kier alpha value is -3.75. The molecule has 2 aromatic carbocycles. The molecule has 0 bridgehead atoms. The lowest BCUT2D eigenvalue weighted by atomic mass is 9.97. The van der Waals surface area contributed by atoms with Crippen LogP contribution in [-0.2, 0) is 18.9 Å². The van der Waals surface area contributed by atoms with Crippen molar-refractivity contribution in [3.8, 4) is 40.1 Å². The van der Waals surface area contributed by atoms with E-state index in [1.807, 2.05) is 0 Å². The minimum Gasteiger partial charge on any atom is -0.507 e. The number of aliphatic hydroxyl groups excluding tert-OH is 11. The van der Waals surface area contributed by atoms with Crippen LogP contribution in [0.4, 0.5) is 0 Å². The van der Waals surface area contributed by atoms with Crippen LogP contribution in [0.15, 0.2) is 40.8 Å². The fourth-order valence-corrected chi connectivity index (χ4v) is 6.42. The number of fused-ring (bicyclic) bond motifs is 1. The second-order valence-electron chi connectivity index (χ2n) is 13.1. The minimum atomic E-state index is -1.95. The number of methoxy groups -OCH3 is 1. The molecule has 0 radical (unpaired) electrons. The van der Waals surface area contributed by atoms with E-state index in [1.165, 1.54) is 37.4 Å². The highest BCUT2D eigenvalue weighted by Crippen LogP contribution is 2.44. The van der Waals surface area contributed by atoms with Crippen molar-refractivity contribution >= 4 is 11.0 Å². The lowest BCUT2D eigenvalue weighted by Gasteiger charge is -2.45. The number of phenols is 2.